The molecule has 0 saturated heterocycles. The number of pyridine rings is 1. The van der Waals surface area contributed by atoms with Gasteiger partial charge in [-0.1, -0.05) is 35.3 Å². The van der Waals surface area contributed by atoms with Crippen LogP contribution in [0.4, 0.5) is 0 Å². The number of nitrogens with zero attached hydrogens (tertiary/aromatic N) is 2. The van der Waals surface area contributed by atoms with Gasteiger partial charge in [-0.3, -0.25) is 4.79 Å². The quantitative estimate of drug-likeness (QED) is 0.611. The minimum Gasteiger partial charge on any atom is -0.337 e. The van der Waals surface area contributed by atoms with Gasteiger partial charge in [0.2, 0.25) is 0 Å². The summed E-state index contributed by atoms with van der Waals surface area (Å²) in [5, 5.41) is 0.550. The highest BCUT2D eigenvalue weighted by Gasteiger charge is 2.16. The van der Waals surface area contributed by atoms with Gasteiger partial charge >= 0.3 is 0 Å². The third-order valence-corrected chi connectivity index (χ3v) is 4.23. The van der Waals surface area contributed by atoms with Crippen molar-refractivity contribution in [1.82, 2.24) is 9.88 Å². The van der Waals surface area contributed by atoms with E-state index in [0.29, 0.717) is 17.1 Å². The minimum absolute atomic E-state index is 0.182. The molecule has 3 nitrogen and oxygen atoms in total. The maximum Gasteiger partial charge on any atom is 0.255 e. The number of thioether (sulfide) groups is 1. The van der Waals surface area contributed by atoms with Crippen molar-refractivity contribution >= 4 is 40.9 Å². The molecule has 110 valence electrons. The van der Waals surface area contributed by atoms with Crippen LogP contribution < -0.4 is 0 Å². The van der Waals surface area contributed by atoms with Crippen molar-refractivity contribution in [3.05, 3.63) is 57.8 Å². The van der Waals surface area contributed by atoms with Crippen LogP contribution in [0.2, 0.25) is 10.2 Å². The van der Waals surface area contributed by atoms with Crippen LogP contribution in [0.25, 0.3) is 0 Å². The van der Waals surface area contributed by atoms with E-state index in [2.05, 4.69) is 4.98 Å². The summed E-state index contributed by atoms with van der Waals surface area (Å²) in [5.41, 5.74) is 1.42. The summed E-state index contributed by atoms with van der Waals surface area (Å²) >= 11 is 13.5. The number of carbonyl (C=O) groups excluding carboxylic acids is 1. The van der Waals surface area contributed by atoms with Crippen molar-refractivity contribution in [2.75, 3.05) is 13.3 Å². The molecule has 0 N–H and O–H groups in total. The predicted octanol–water partition coefficient (Wildman–Crippen LogP) is 4.38. The first kappa shape index (κ1) is 16.1. The number of amides is 1. The van der Waals surface area contributed by atoms with Crippen molar-refractivity contribution in [2.45, 2.75) is 11.4 Å². The molecule has 1 aromatic heterocycles. The van der Waals surface area contributed by atoms with Gasteiger partial charge in [0.25, 0.3) is 5.91 Å². The lowest BCUT2D eigenvalue weighted by molar-refractivity contribution is 0.0785. The van der Waals surface area contributed by atoms with E-state index in [0.717, 1.165) is 5.56 Å². The molecule has 1 aromatic carbocycles. The SMILES string of the molecule is CSc1ccc(CN(C)C(=O)c2cc(Cl)ncc2Cl)cc1. The van der Waals surface area contributed by atoms with Gasteiger partial charge in [-0.2, -0.15) is 0 Å². The predicted molar refractivity (Wildman–Crippen MR) is 88.3 cm³/mol. The molecule has 0 aliphatic carbocycles. The number of hydrogen-bond acceptors (Lipinski definition) is 3. The van der Waals surface area contributed by atoms with E-state index in [9.17, 15) is 4.79 Å². The van der Waals surface area contributed by atoms with E-state index >= 15 is 0 Å². The summed E-state index contributed by atoms with van der Waals surface area (Å²) in [7, 11) is 1.73. The monoisotopic (exact) mass is 340 g/mol. The Labute approximate surface area is 138 Å². The Morgan fingerprint density at radius 2 is 1.95 bits per heavy atom. The zero-order valence-corrected chi connectivity index (χ0v) is 14.0. The smallest absolute Gasteiger partial charge is 0.255 e. The maximum absolute atomic E-state index is 12.4. The molecule has 2 rings (SSSR count). The molecule has 0 atom stereocenters. The van der Waals surface area contributed by atoms with Gasteiger partial charge in [-0.25, -0.2) is 4.98 Å². The van der Waals surface area contributed by atoms with Crippen LogP contribution in [0, 0.1) is 0 Å². The van der Waals surface area contributed by atoms with Gasteiger partial charge in [0, 0.05) is 24.7 Å². The number of rotatable bonds is 4. The largest absolute Gasteiger partial charge is 0.337 e. The Balaban J connectivity index is 2.13. The summed E-state index contributed by atoms with van der Waals surface area (Å²) in [6.45, 7) is 0.504. The van der Waals surface area contributed by atoms with Crippen molar-refractivity contribution in [3.8, 4) is 0 Å². The normalized spacial score (nSPS) is 10.5. The van der Waals surface area contributed by atoms with Crippen LogP contribution in [0.5, 0.6) is 0 Å². The van der Waals surface area contributed by atoms with E-state index in [1.165, 1.54) is 17.2 Å². The molecule has 0 bridgehead atoms. The minimum atomic E-state index is -0.182. The zero-order chi connectivity index (χ0) is 15.4. The average Bonchev–Trinajstić information content (AvgIpc) is 2.49. The highest BCUT2D eigenvalue weighted by atomic mass is 35.5. The molecule has 0 radical (unpaired) electrons. The van der Waals surface area contributed by atoms with Gasteiger partial charge < -0.3 is 4.90 Å². The van der Waals surface area contributed by atoms with Crippen LogP contribution >= 0.6 is 35.0 Å². The molecule has 0 fully saturated rings. The van der Waals surface area contributed by atoms with E-state index in [4.69, 9.17) is 23.2 Å². The molecule has 2 aromatic rings. The van der Waals surface area contributed by atoms with Crippen LogP contribution in [0.15, 0.2) is 41.4 Å². The molecule has 0 spiro atoms. The lowest BCUT2D eigenvalue weighted by atomic mass is 10.2. The molecular weight excluding hydrogens is 327 g/mol. The zero-order valence-electron chi connectivity index (χ0n) is 11.6. The third kappa shape index (κ3) is 4.13. The van der Waals surface area contributed by atoms with E-state index in [1.54, 1.807) is 23.7 Å². The molecule has 0 unspecified atom stereocenters. The van der Waals surface area contributed by atoms with Gasteiger partial charge in [0.1, 0.15) is 5.15 Å². The fraction of sp³-hybridized carbons (Fsp3) is 0.200. The summed E-state index contributed by atoms with van der Waals surface area (Å²) < 4.78 is 0. The molecule has 0 aliphatic heterocycles. The summed E-state index contributed by atoms with van der Waals surface area (Å²) in [4.78, 5) is 19.0. The third-order valence-electron chi connectivity index (χ3n) is 2.98. The number of aromatic nitrogens is 1. The molecule has 1 heterocycles. The fourth-order valence-electron chi connectivity index (χ4n) is 1.86. The van der Waals surface area contributed by atoms with E-state index in [1.807, 2.05) is 30.5 Å². The second-order valence-electron chi connectivity index (χ2n) is 4.50. The highest BCUT2D eigenvalue weighted by molar-refractivity contribution is 7.98. The molecule has 6 heteroatoms. The van der Waals surface area contributed by atoms with E-state index in [-0.39, 0.29) is 11.1 Å². The maximum atomic E-state index is 12.4. The Morgan fingerprint density at radius 1 is 1.29 bits per heavy atom. The molecular formula is C15H14Cl2N2OS. The van der Waals surface area contributed by atoms with Gasteiger partial charge in [-0.05, 0) is 30.0 Å². The van der Waals surface area contributed by atoms with Gasteiger partial charge in [0.15, 0.2) is 0 Å². The Bertz CT molecular complexity index is 647. The van der Waals surface area contributed by atoms with Gasteiger partial charge in [-0.15, -0.1) is 11.8 Å². The molecule has 0 saturated carbocycles. The van der Waals surface area contributed by atoms with Gasteiger partial charge in [0.05, 0.1) is 10.6 Å². The lowest BCUT2D eigenvalue weighted by Crippen LogP contribution is -2.26. The second kappa shape index (κ2) is 7.16. The fourth-order valence-corrected chi connectivity index (χ4v) is 2.61. The van der Waals surface area contributed by atoms with Crippen molar-refractivity contribution in [1.29, 1.82) is 0 Å². The Hall–Kier alpha value is -1.23. The van der Waals surface area contributed by atoms with Crippen molar-refractivity contribution in [2.24, 2.45) is 0 Å². The Kier molecular flexibility index (Phi) is 5.51. The second-order valence-corrected chi connectivity index (χ2v) is 6.17. The summed E-state index contributed by atoms with van der Waals surface area (Å²) in [6.07, 6.45) is 3.41. The number of carbonyl (C=O) groups is 1. The lowest BCUT2D eigenvalue weighted by Gasteiger charge is -2.18. The Morgan fingerprint density at radius 3 is 2.57 bits per heavy atom. The molecule has 1 amide bonds. The number of benzene rings is 1. The molecule has 21 heavy (non-hydrogen) atoms. The van der Waals surface area contributed by atoms with Crippen LogP contribution in [0.1, 0.15) is 15.9 Å². The topological polar surface area (TPSA) is 33.2 Å². The van der Waals surface area contributed by atoms with Crippen LogP contribution in [-0.4, -0.2) is 29.1 Å². The first-order valence-electron chi connectivity index (χ1n) is 6.20. The van der Waals surface area contributed by atoms with Crippen LogP contribution in [0.3, 0.4) is 0 Å². The molecule has 0 aliphatic rings. The van der Waals surface area contributed by atoms with Crippen LogP contribution in [-0.2, 0) is 6.54 Å². The van der Waals surface area contributed by atoms with Crippen molar-refractivity contribution in [3.63, 3.8) is 0 Å². The van der Waals surface area contributed by atoms with Crippen molar-refractivity contribution < 1.29 is 4.79 Å². The van der Waals surface area contributed by atoms with E-state index < -0.39 is 0 Å². The number of halogens is 2. The number of hydrogen-bond donors (Lipinski definition) is 0. The highest BCUT2D eigenvalue weighted by Crippen LogP contribution is 2.21. The average molecular weight is 341 g/mol. The summed E-state index contributed by atoms with van der Waals surface area (Å²) in [6, 6.07) is 9.58. The standard InChI is InChI=1S/C15H14Cl2N2OS/c1-19(9-10-3-5-11(21-2)6-4-10)15(20)12-7-14(17)18-8-13(12)16/h3-8H,9H2,1-2H3. The first-order valence-corrected chi connectivity index (χ1v) is 8.18. The first-order chi connectivity index (χ1) is 10.0. The summed E-state index contributed by atoms with van der Waals surface area (Å²) in [5.74, 6) is -0.182.